The minimum absolute atomic E-state index is 0.130. The molecule has 174 valence electrons. The van der Waals surface area contributed by atoms with Crippen molar-refractivity contribution < 1.29 is 19.4 Å². The second-order valence-electron chi connectivity index (χ2n) is 12.4. The van der Waals surface area contributed by atoms with Crippen LogP contribution in [0.25, 0.3) is 0 Å². The maximum atomic E-state index is 12.3. The largest absolute Gasteiger partial charge is 0.458 e. The number of aliphatic hydroxyl groups is 1. The van der Waals surface area contributed by atoms with Crippen LogP contribution in [0.4, 0.5) is 0 Å². The second kappa shape index (κ2) is 7.58. The van der Waals surface area contributed by atoms with Crippen LogP contribution in [0.15, 0.2) is 11.6 Å². The van der Waals surface area contributed by atoms with Gasteiger partial charge in [-0.15, -0.1) is 0 Å². The molecule has 4 saturated carbocycles. The average Bonchev–Trinajstić information content (AvgIpc) is 3.26. The van der Waals surface area contributed by atoms with Crippen molar-refractivity contribution in [2.45, 2.75) is 97.2 Å². The van der Waals surface area contributed by atoms with Gasteiger partial charge in [0, 0.05) is 18.1 Å². The number of carbonyl (C=O) groups excluding carboxylic acids is 1. The molecule has 0 saturated heterocycles. The van der Waals surface area contributed by atoms with E-state index < -0.39 is 5.60 Å². The summed E-state index contributed by atoms with van der Waals surface area (Å²) >= 11 is 0. The summed E-state index contributed by atoms with van der Waals surface area (Å²) in [6.45, 7) is 10.6. The number of hydrogen-bond donors (Lipinski definition) is 1. The molecule has 1 N–H and O–H groups in total. The third kappa shape index (κ3) is 3.26. The summed E-state index contributed by atoms with van der Waals surface area (Å²) in [5.74, 6) is 2.42. The molecular weight excluding hydrogens is 388 g/mol. The highest BCUT2D eigenvalue weighted by atomic mass is 16.5. The van der Waals surface area contributed by atoms with Crippen molar-refractivity contribution in [1.82, 2.24) is 0 Å². The SMILES string of the molecule is CC(C)CO[C@H]1CCC2(C)C(CCC3C2CCC2(C)C(C4=CC(=O)OC4)CCC32O)C1. The van der Waals surface area contributed by atoms with E-state index in [1.165, 1.54) is 32.1 Å². The molecular formula is C27H42O4. The fourth-order valence-corrected chi connectivity index (χ4v) is 8.85. The average molecular weight is 431 g/mol. The normalized spacial score (nSPS) is 49.3. The Hall–Kier alpha value is -0.870. The van der Waals surface area contributed by atoms with Crippen LogP contribution in [0.1, 0.15) is 85.5 Å². The molecule has 4 nitrogen and oxygen atoms in total. The van der Waals surface area contributed by atoms with Gasteiger partial charge in [-0.05, 0) is 98.4 Å². The lowest BCUT2D eigenvalue weighted by atomic mass is 9.43. The molecule has 0 aromatic heterocycles. The number of esters is 1. The summed E-state index contributed by atoms with van der Waals surface area (Å²) in [5, 5.41) is 12.3. The van der Waals surface area contributed by atoms with E-state index in [2.05, 4.69) is 27.7 Å². The predicted molar refractivity (Wildman–Crippen MR) is 120 cm³/mol. The maximum absolute atomic E-state index is 12.3. The Bertz CT molecular complexity index is 758. The van der Waals surface area contributed by atoms with Crippen LogP contribution in [0.5, 0.6) is 0 Å². The Morgan fingerprint density at radius 2 is 1.90 bits per heavy atom. The van der Waals surface area contributed by atoms with Gasteiger partial charge in [0.15, 0.2) is 0 Å². The zero-order valence-corrected chi connectivity index (χ0v) is 20.0. The number of ether oxygens (including phenoxy) is 2. The highest BCUT2D eigenvalue weighted by molar-refractivity contribution is 5.85. The summed E-state index contributed by atoms with van der Waals surface area (Å²) in [4.78, 5) is 11.7. The molecule has 0 bridgehead atoms. The molecule has 0 aromatic rings. The van der Waals surface area contributed by atoms with Crippen molar-refractivity contribution in [3.63, 3.8) is 0 Å². The van der Waals surface area contributed by atoms with Crippen molar-refractivity contribution in [3.8, 4) is 0 Å². The van der Waals surface area contributed by atoms with Gasteiger partial charge in [-0.3, -0.25) is 0 Å². The Morgan fingerprint density at radius 3 is 2.61 bits per heavy atom. The Labute approximate surface area is 188 Å². The van der Waals surface area contributed by atoms with Crippen LogP contribution in [0, 0.1) is 40.4 Å². The van der Waals surface area contributed by atoms with Gasteiger partial charge in [-0.25, -0.2) is 4.79 Å². The van der Waals surface area contributed by atoms with E-state index in [9.17, 15) is 9.90 Å². The van der Waals surface area contributed by atoms with Crippen LogP contribution in [0.2, 0.25) is 0 Å². The van der Waals surface area contributed by atoms with E-state index >= 15 is 0 Å². The van der Waals surface area contributed by atoms with Crippen LogP contribution < -0.4 is 0 Å². The lowest BCUT2D eigenvalue weighted by Crippen LogP contribution is -2.62. The first-order chi connectivity index (χ1) is 14.7. The Balaban J connectivity index is 1.35. The molecule has 0 amide bonds. The predicted octanol–water partition coefficient (Wildman–Crippen LogP) is 5.28. The van der Waals surface area contributed by atoms with E-state index in [4.69, 9.17) is 9.47 Å². The van der Waals surface area contributed by atoms with Crippen LogP contribution >= 0.6 is 0 Å². The maximum Gasteiger partial charge on any atom is 0.331 e. The summed E-state index contributed by atoms with van der Waals surface area (Å²) in [6, 6.07) is 0. The van der Waals surface area contributed by atoms with Crippen LogP contribution in [0.3, 0.4) is 0 Å². The number of fused-ring (bicyclic) bond motifs is 5. The Morgan fingerprint density at radius 1 is 1.10 bits per heavy atom. The number of rotatable bonds is 4. The molecule has 7 unspecified atom stereocenters. The molecule has 0 spiro atoms. The Kier molecular flexibility index (Phi) is 5.37. The van der Waals surface area contributed by atoms with Crippen LogP contribution in [-0.4, -0.2) is 36.0 Å². The quantitative estimate of drug-likeness (QED) is 0.616. The molecule has 0 aromatic carbocycles. The highest BCUT2D eigenvalue weighted by Gasteiger charge is 2.67. The zero-order valence-electron chi connectivity index (χ0n) is 20.0. The van der Waals surface area contributed by atoms with Crippen molar-refractivity contribution >= 4 is 5.97 Å². The van der Waals surface area contributed by atoms with E-state index in [0.29, 0.717) is 35.9 Å². The fraction of sp³-hybridized carbons (Fsp3) is 0.889. The molecule has 4 aliphatic carbocycles. The lowest BCUT2D eigenvalue weighted by Gasteiger charge is -2.63. The molecule has 31 heavy (non-hydrogen) atoms. The molecule has 1 aliphatic heterocycles. The van der Waals surface area contributed by atoms with Gasteiger partial charge in [0.1, 0.15) is 6.61 Å². The molecule has 8 atom stereocenters. The monoisotopic (exact) mass is 430 g/mol. The number of hydrogen-bond acceptors (Lipinski definition) is 4. The van der Waals surface area contributed by atoms with Crippen molar-refractivity contribution in [1.29, 1.82) is 0 Å². The molecule has 4 fully saturated rings. The molecule has 1 heterocycles. The topological polar surface area (TPSA) is 55.8 Å². The van der Waals surface area contributed by atoms with Gasteiger partial charge in [0.25, 0.3) is 0 Å². The summed E-state index contributed by atoms with van der Waals surface area (Å²) in [7, 11) is 0. The fourth-order valence-electron chi connectivity index (χ4n) is 8.85. The van der Waals surface area contributed by atoms with E-state index in [0.717, 1.165) is 43.8 Å². The van der Waals surface area contributed by atoms with E-state index in [1.807, 2.05) is 0 Å². The number of carbonyl (C=O) groups is 1. The van der Waals surface area contributed by atoms with Gasteiger partial charge in [-0.2, -0.15) is 0 Å². The third-order valence-electron chi connectivity index (χ3n) is 10.6. The molecule has 4 heteroatoms. The first-order valence-corrected chi connectivity index (χ1v) is 12.9. The molecule has 5 aliphatic rings. The molecule has 5 rings (SSSR count). The van der Waals surface area contributed by atoms with Gasteiger partial charge in [0.05, 0.1) is 11.7 Å². The van der Waals surface area contributed by atoms with Gasteiger partial charge in [0.2, 0.25) is 0 Å². The van der Waals surface area contributed by atoms with Crippen LogP contribution in [-0.2, 0) is 14.3 Å². The summed E-state index contributed by atoms with van der Waals surface area (Å²) in [6.07, 6.45) is 12.3. The minimum atomic E-state index is -0.605. The first kappa shape index (κ1) is 21.9. The molecule has 0 radical (unpaired) electrons. The first-order valence-electron chi connectivity index (χ1n) is 12.9. The third-order valence-corrected chi connectivity index (χ3v) is 10.6. The van der Waals surface area contributed by atoms with Gasteiger partial charge in [-0.1, -0.05) is 27.7 Å². The lowest BCUT2D eigenvalue weighted by molar-refractivity contribution is -0.210. The summed E-state index contributed by atoms with van der Waals surface area (Å²) in [5.41, 5.74) is 0.729. The van der Waals surface area contributed by atoms with Crippen molar-refractivity contribution in [2.75, 3.05) is 13.2 Å². The van der Waals surface area contributed by atoms with E-state index in [1.54, 1.807) is 6.08 Å². The highest BCUT2D eigenvalue weighted by Crippen LogP contribution is 2.70. The summed E-state index contributed by atoms with van der Waals surface area (Å²) < 4.78 is 11.5. The minimum Gasteiger partial charge on any atom is -0.458 e. The second-order valence-corrected chi connectivity index (χ2v) is 12.4. The van der Waals surface area contributed by atoms with E-state index in [-0.39, 0.29) is 17.3 Å². The smallest absolute Gasteiger partial charge is 0.331 e. The van der Waals surface area contributed by atoms with Gasteiger partial charge >= 0.3 is 5.97 Å². The van der Waals surface area contributed by atoms with Crippen molar-refractivity contribution in [2.24, 2.45) is 40.4 Å². The van der Waals surface area contributed by atoms with Crippen molar-refractivity contribution in [3.05, 3.63) is 11.6 Å². The van der Waals surface area contributed by atoms with Gasteiger partial charge < -0.3 is 14.6 Å². The zero-order chi connectivity index (χ0) is 22.0. The standard InChI is InChI=1S/C27H42O4/c1-17(2)15-30-20-7-10-25(3)19(14-20)5-6-23-22(25)8-11-26(4)21(9-12-27(23,26)29)18-13-24(28)31-16-18/h13,17,19-23,29H,5-12,14-16H2,1-4H3/t19?,20-,21?,22?,23?,25?,26?,27?/m0/s1. The number of cyclic esters (lactones) is 1.